The summed E-state index contributed by atoms with van der Waals surface area (Å²) < 4.78 is 5.43. The number of benzene rings is 1. The van der Waals surface area contributed by atoms with Crippen molar-refractivity contribution in [3.05, 3.63) is 28.3 Å². The summed E-state index contributed by atoms with van der Waals surface area (Å²) in [5.74, 6) is 1.14. The van der Waals surface area contributed by atoms with E-state index in [0.717, 1.165) is 12.1 Å². The zero-order chi connectivity index (χ0) is 15.2. The average molecular weight is 292 g/mol. The highest BCUT2D eigenvalue weighted by Crippen LogP contribution is 2.30. The predicted octanol–water partition coefficient (Wildman–Crippen LogP) is 4.37. The Bertz CT molecular complexity index is 490. The number of non-ortho nitro benzene ring substituents is 1. The SMILES string of the molecule is CCOc1cc(NC2CCCCCC2C)cc([N+](=O)[O-])c1. The van der Waals surface area contributed by atoms with Gasteiger partial charge in [-0.05, 0) is 25.7 Å². The fourth-order valence-corrected chi connectivity index (χ4v) is 2.94. The topological polar surface area (TPSA) is 64.4 Å². The summed E-state index contributed by atoms with van der Waals surface area (Å²) in [6.45, 7) is 4.63. The van der Waals surface area contributed by atoms with Crippen molar-refractivity contribution in [1.29, 1.82) is 0 Å². The van der Waals surface area contributed by atoms with E-state index in [0.29, 0.717) is 24.3 Å². The molecule has 1 aliphatic carbocycles. The first-order valence-electron chi connectivity index (χ1n) is 7.79. The van der Waals surface area contributed by atoms with Crippen LogP contribution < -0.4 is 10.1 Å². The van der Waals surface area contributed by atoms with Crippen molar-refractivity contribution in [3.63, 3.8) is 0 Å². The van der Waals surface area contributed by atoms with Crippen molar-refractivity contribution in [3.8, 4) is 5.75 Å². The van der Waals surface area contributed by atoms with Crippen LogP contribution in [0.1, 0.15) is 46.0 Å². The minimum atomic E-state index is -0.371. The van der Waals surface area contributed by atoms with Gasteiger partial charge in [-0.25, -0.2) is 0 Å². The van der Waals surface area contributed by atoms with Crippen LogP contribution in [0.4, 0.5) is 11.4 Å². The number of nitro groups is 1. The van der Waals surface area contributed by atoms with Gasteiger partial charge >= 0.3 is 0 Å². The molecular formula is C16H24N2O3. The Morgan fingerprint density at radius 3 is 2.76 bits per heavy atom. The lowest BCUT2D eigenvalue weighted by atomic mass is 9.96. The molecule has 0 bridgehead atoms. The van der Waals surface area contributed by atoms with Crippen molar-refractivity contribution in [2.45, 2.75) is 52.0 Å². The van der Waals surface area contributed by atoms with E-state index in [-0.39, 0.29) is 10.6 Å². The number of hydrogen-bond acceptors (Lipinski definition) is 4. The summed E-state index contributed by atoms with van der Waals surface area (Å²) in [5, 5.41) is 14.5. The van der Waals surface area contributed by atoms with Crippen molar-refractivity contribution in [2.75, 3.05) is 11.9 Å². The number of rotatable bonds is 5. The van der Waals surface area contributed by atoms with Crippen molar-refractivity contribution in [2.24, 2.45) is 5.92 Å². The quantitative estimate of drug-likeness (QED) is 0.497. The molecule has 0 radical (unpaired) electrons. The minimum Gasteiger partial charge on any atom is -0.494 e. The maximum atomic E-state index is 11.0. The second kappa shape index (κ2) is 7.29. The van der Waals surface area contributed by atoms with Gasteiger partial charge < -0.3 is 10.1 Å². The van der Waals surface area contributed by atoms with Gasteiger partial charge in [0.05, 0.1) is 17.6 Å². The van der Waals surface area contributed by atoms with Gasteiger partial charge in [0.2, 0.25) is 0 Å². The zero-order valence-electron chi connectivity index (χ0n) is 12.8. The predicted molar refractivity (Wildman–Crippen MR) is 83.9 cm³/mol. The van der Waals surface area contributed by atoms with Gasteiger partial charge in [-0.3, -0.25) is 10.1 Å². The first kappa shape index (κ1) is 15.6. The molecule has 1 aliphatic rings. The highest BCUT2D eigenvalue weighted by molar-refractivity contribution is 5.57. The molecule has 5 heteroatoms. The first-order chi connectivity index (χ1) is 10.1. The van der Waals surface area contributed by atoms with Crippen LogP contribution >= 0.6 is 0 Å². The van der Waals surface area contributed by atoms with Crippen LogP contribution in [0, 0.1) is 16.0 Å². The molecule has 116 valence electrons. The Labute approximate surface area is 125 Å². The van der Waals surface area contributed by atoms with Gasteiger partial charge in [0.1, 0.15) is 5.75 Å². The molecule has 2 rings (SSSR count). The molecule has 1 aromatic rings. The van der Waals surface area contributed by atoms with E-state index in [1.165, 1.54) is 31.7 Å². The third-order valence-electron chi connectivity index (χ3n) is 4.13. The van der Waals surface area contributed by atoms with Gasteiger partial charge in [-0.15, -0.1) is 0 Å². The van der Waals surface area contributed by atoms with E-state index in [4.69, 9.17) is 4.74 Å². The minimum absolute atomic E-state index is 0.0738. The Morgan fingerprint density at radius 1 is 1.29 bits per heavy atom. The standard InChI is InChI=1S/C16H24N2O3/c1-3-21-15-10-13(9-14(11-15)18(19)20)17-16-8-6-4-5-7-12(16)2/h9-12,16-17H,3-8H2,1-2H3. The van der Waals surface area contributed by atoms with Crippen LogP contribution in [0.3, 0.4) is 0 Å². The summed E-state index contributed by atoms with van der Waals surface area (Å²) in [7, 11) is 0. The van der Waals surface area contributed by atoms with E-state index < -0.39 is 0 Å². The molecule has 2 unspecified atom stereocenters. The summed E-state index contributed by atoms with van der Waals surface area (Å²) in [4.78, 5) is 10.7. The van der Waals surface area contributed by atoms with Gasteiger partial charge in [0.25, 0.3) is 5.69 Å². The zero-order valence-corrected chi connectivity index (χ0v) is 12.8. The second-order valence-electron chi connectivity index (χ2n) is 5.77. The summed E-state index contributed by atoms with van der Waals surface area (Å²) in [6, 6.07) is 5.31. The molecule has 2 atom stereocenters. The smallest absolute Gasteiger partial charge is 0.275 e. The molecule has 0 aliphatic heterocycles. The van der Waals surface area contributed by atoms with Crippen molar-refractivity contribution in [1.82, 2.24) is 0 Å². The van der Waals surface area contributed by atoms with Gasteiger partial charge in [0, 0.05) is 23.9 Å². The lowest BCUT2D eigenvalue weighted by Crippen LogP contribution is -2.26. The molecular weight excluding hydrogens is 268 g/mol. The third kappa shape index (κ3) is 4.34. The summed E-state index contributed by atoms with van der Waals surface area (Å²) >= 11 is 0. The number of nitro benzene ring substituents is 1. The molecule has 1 N–H and O–H groups in total. The maximum absolute atomic E-state index is 11.0. The Morgan fingerprint density at radius 2 is 2.05 bits per heavy atom. The van der Waals surface area contributed by atoms with Gasteiger partial charge in [0.15, 0.2) is 0 Å². The second-order valence-corrected chi connectivity index (χ2v) is 5.77. The number of nitrogens with zero attached hydrogens (tertiary/aromatic N) is 1. The monoisotopic (exact) mass is 292 g/mol. The molecule has 0 saturated heterocycles. The molecule has 0 aromatic heterocycles. The van der Waals surface area contributed by atoms with Crippen LogP contribution in [0.5, 0.6) is 5.75 Å². The Kier molecular flexibility index (Phi) is 5.42. The van der Waals surface area contributed by atoms with Crippen LogP contribution in [0.15, 0.2) is 18.2 Å². The van der Waals surface area contributed by atoms with Crippen LogP contribution in [0.2, 0.25) is 0 Å². The molecule has 1 aromatic carbocycles. The van der Waals surface area contributed by atoms with E-state index in [2.05, 4.69) is 12.2 Å². The van der Waals surface area contributed by atoms with Crippen LogP contribution in [-0.4, -0.2) is 17.6 Å². The maximum Gasteiger partial charge on any atom is 0.275 e. The van der Waals surface area contributed by atoms with Crippen molar-refractivity contribution >= 4 is 11.4 Å². The fourth-order valence-electron chi connectivity index (χ4n) is 2.94. The molecule has 1 saturated carbocycles. The highest BCUT2D eigenvalue weighted by Gasteiger charge is 2.21. The fraction of sp³-hybridized carbons (Fsp3) is 0.625. The van der Waals surface area contributed by atoms with Gasteiger partial charge in [-0.2, -0.15) is 0 Å². The average Bonchev–Trinajstić information content (AvgIpc) is 2.64. The number of hydrogen-bond donors (Lipinski definition) is 1. The number of ether oxygens (including phenoxy) is 1. The van der Waals surface area contributed by atoms with E-state index in [9.17, 15) is 10.1 Å². The normalized spacial score (nSPS) is 22.4. The third-order valence-corrected chi connectivity index (χ3v) is 4.13. The number of nitrogens with one attached hydrogen (secondary N) is 1. The molecule has 0 spiro atoms. The molecule has 0 heterocycles. The summed E-state index contributed by atoms with van der Waals surface area (Å²) in [6.07, 6.45) is 6.11. The van der Waals surface area contributed by atoms with E-state index in [1.54, 1.807) is 6.07 Å². The summed E-state index contributed by atoms with van der Waals surface area (Å²) in [5.41, 5.74) is 0.858. The molecule has 5 nitrogen and oxygen atoms in total. The first-order valence-corrected chi connectivity index (χ1v) is 7.79. The molecule has 21 heavy (non-hydrogen) atoms. The lowest BCUT2D eigenvalue weighted by molar-refractivity contribution is -0.384. The van der Waals surface area contributed by atoms with Crippen LogP contribution in [0.25, 0.3) is 0 Å². The Balaban J connectivity index is 2.19. The van der Waals surface area contributed by atoms with Gasteiger partial charge in [-0.1, -0.05) is 26.2 Å². The Hall–Kier alpha value is -1.78. The number of anilines is 1. The lowest BCUT2D eigenvalue weighted by Gasteiger charge is -2.24. The van der Waals surface area contributed by atoms with Crippen molar-refractivity contribution < 1.29 is 9.66 Å². The highest BCUT2D eigenvalue weighted by atomic mass is 16.6. The molecule has 1 fully saturated rings. The van der Waals surface area contributed by atoms with E-state index in [1.807, 2.05) is 13.0 Å². The largest absolute Gasteiger partial charge is 0.494 e. The molecule has 0 amide bonds. The van der Waals surface area contributed by atoms with Crippen LogP contribution in [-0.2, 0) is 0 Å². The van der Waals surface area contributed by atoms with E-state index >= 15 is 0 Å².